The number of carbonyl (C=O) groups excluding carboxylic acids is 1. The third-order valence-corrected chi connectivity index (χ3v) is 4.60. The molecule has 23 heavy (non-hydrogen) atoms. The molecular formula is C17H16FN3OS. The Labute approximate surface area is 137 Å². The van der Waals surface area contributed by atoms with Gasteiger partial charge in [-0.05, 0) is 30.7 Å². The molecule has 0 radical (unpaired) electrons. The van der Waals surface area contributed by atoms with Crippen molar-refractivity contribution in [2.75, 3.05) is 11.1 Å². The summed E-state index contributed by atoms with van der Waals surface area (Å²) in [5.41, 5.74) is 7.56. The van der Waals surface area contributed by atoms with E-state index in [9.17, 15) is 9.18 Å². The highest BCUT2D eigenvalue weighted by atomic mass is 32.1. The average molecular weight is 329 g/mol. The highest BCUT2D eigenvalue weighted by Crippen LogP contribution is 2.33. The first-order chi connectivity index (χ1) is 11.1. The SMILES string of the molecule is CCCc1ccc2c(N)c(C(=O)Nc3ccccc3F)sc2n1. The van der Waals surface area contributed by atoms with Crippen molar-refractivity contribution < 1.29 is 9.18 Å². The van der Waals surface area contributed by atoms with E-state index in [-0.39, 0.29) is 5.69 Å². The Balaban J connectivity index is 1.94. The molecule has 0 aliphatic heterocycles. The molecule has 0 bridgehead atoms. The fourth-order valence-corrected chi connectivity index (χ4v) is 3.35. The monoisotopic (exact) mass is 329 g/mol. The van der Waals surface area contributed by atoms with Crippen LogP contribution in [0.5, 0.6) is 0 Å². The molecule has 4 nitrogen and oxygen atoms in total. The van der Waals surface area contributed by atoms with Gasteiger partial charge in [-0.15, -0.1) is 11.3 Å². The first kappa shape index (κ1) is 15.4. The minimum absolute atomic E-state index is 0.133. The molecule has 0 saturated carbocycles. The van der Waals surface area contributed by atoms with E-state index in [2.05, 4.69) is 17.2 Å². The van der Waals surface area contributed by atoms with Crippen molar-refractivity contribution in [1.29, 1.82) is 0 Å². The molecule has 3 aromatic rings. The van der Waals surface area contributed by atoms with Crippen LogP contribution in [0.1, 0.15) is 28.7 Å². The molecule has 6 heteroatoms. The lowest BCUT2D eigenvalue weighted by Gasteiger charge is -2.05. The zero-order chi connectivity index (χ0) is 16.4. The average Bonchev–Trinajstić information content (AvgIpc) is 2.86. The molecule has 0 saturated heterocycles. The molecule has 1 amide bonds. The molecule has 0 aliphatic rings. The van der Waals surface area contributed by atoms with Crippen LogP contribution in [0.3, 0.4) is 0 Å². The first-order valence-corrected chi connectivity index (χ1v) is 8.15. The van der Waals surface area contributed by atoms with Gasteiger partial charge >= 0.3 is 0 Å². The van der Waals surface area contributed by atoms with E-state index in [1.54, 1.807) is 12.1 Å². The second kappa shape index (κ2) is 6.34. The summed E-state index contributed by atoms with van der Waals surface area (Å²) in [5.74, 6) is -0.906. The standard InChI is InChI=1S/C17H16FN3OS/c1-2-5-10-8-9-11-14(19)15(23-17(11)20-10)16(22)21-13-7-4-3-6-12(13)18/h3-4,6-9H,2,5,19H2,1H3,(H,21,22). The number of aryl methyl sites for hydroxylation is 1. The zero-order valence-electron chi connectivity index (χ0n) is 12.6. The van der Waals surface area contributed by atoms with Crippen molar-refractivity contribution in [3.8, 4) is 0 Å². The van der Waals surface area contributed by atoms with E-state index in [4.69, 9.17) is 5.73 Å². The zero-order valence-corrected chi connectivity index (χ0v) is 13.4. The molecule has 0 fully saturated rings. The third kappa shape index (κ3) is 3.03. The Kier molecular flexibility index (Phi) is 4.25. The molecule has 2 aromatic heterocycles. The van der Waals surface area contributed by atoms with Crippen LogP contribution in [0, 0.1) is 5.82 Å². The van der Waals surface area contributed by atoms with Gasteiger partial charge in [0.15, 0.2) is 0 Å². The van der Waals surface area contributed by atoms with E-state index in [0.717, 1.165) is 28.8 Å². The number of pyridine rings is 1. The Morgan fingerprint density at radius 1 is 1.30 bits per heavy atom. The third-order valence-electron chi connectivity index (χ3n) is 3.49. The number of carbonyl (C=O) groups is 1. The maximum Gasteiger partial charge on any atom is 0.268 e. The smallest absolute Gasteiger partial charge is 0.268 e. The summed E-state index contributed by atoms with van der Waals surface area (Å²) in [6.45, 7) is 2.09. The van der Waals surface area contributed by atoms with Crippen LogP contribution in [-0.4, -0.2) is 10.9 Å². The van der Waals surface area contributed by atoms with Gasteiger partial charge in [0, 0.05) is 11.1 Å². The van der Waals surface area contributed by atoms with E-state index in [1.807, 2.05) is 12.1 Å². The van der Waals surface area contributed by atoms with Crippen LogP contribution in [0.15, 0.2) is 36.4 Å². The maximum atomic E-state index is 13.7. The van der Waals surface area contributed by atoms with Crippen molar-refractivity contribution in [3.05, 3.63) is 52.8 Å². The van der Waals surface area contributed by atoms with Gasteiger partial charge in [-0.3, -0.25) is 4.79 Å². The molecule has 3 rings (SSSR count). The van der Waals surface area contributed by atoms with Crippen molar-refractivity contribution in [2.24, 2.45) is 0 Å². The number of nitrogens with two attached hydrogens (primary N) is 1. The van der Waals surface area contributed by atoms with Crippen LogP contribution >= 0.6 is 11.3 Å². The Bertz CT molecular complexity index is 875. The summed E-state index contributed by atoms with van der Waals surface area (Å²) >= 11 is 1.23. The molecule has 3 N–H and O–H groups in total. The molecule has 0 unspecified atom stereocenters. The number of thiophene rings is 1. The van der Waals surface area contributed by atoms with Gasteiger partial charge in [0.1, 0.15) is 15.5 Å². The van der Waals surface area contributed by atoms with Crippen molar-refractivity contribution in [3.63, 3.8) is 0 Å². The summed E-state index contributed by atoms with van der Waals surface area (Å²) in [6.07, 6.45) is 1.88. The molecule has 0 atom stereocenters. The summed E-state index contributed by atoms with van der Waals surface area (Å²) in [7, 11) is 0. The largest absolute Gasteiger partial charge is 0.397 e. The summed E-state index contributed by atoms with van der Waals surface area (Å²) < 4.78 is 13.7. The summed E-state index contributed by atoms with van der Waals surface area (Å²) in [4.78, 5) is 18.0. The van der Waals surface area contributed by atoms with E-state index >= 15 is 0 Å². The summed E-state index contributed by atoms with van der Waals surface area (Å²) in [6, 6.07) is 9.84. The number of rotatable bonds is 4. The Morgan fingerprint density at radius 3 is 2.83 bits per heavy atom. The number of amides is 1. The Morgan fingerprint density at radius 2 is 2.09 bits per heavy atom. The van der Waals surface area contributed by atoms with Crippen LogP contribution in [0.25, 0.3) is 10.2 Å². The van der Waals surface area contributed by atoms with Gasteiger partial charge in [0.05, 0.1) is 11.4 Å². The van der Waals surface area contributed by atoms with Crippen LogP contribution in [-0.2, 0) is 6.42 Å². The highest BCUT2D eigenvalue weighted by molar-refractivity contribution is 7.21. The molecule has 118 valence electrons. The first-order valence-electron chi connectivity index (χ1n) is 7.34. The van der Waals surface area contributed by atoms with Crippen molar-refractivity contribution in [2.45, 2.75) is 19.8 Å². The number of halogens is 1. The van der Waals surface area contributed by atoms with Gasteiger partial charge in [-0.2, -0.15) is 0 Å². The number of hydrogen-bond donors (Lipinski definition) is 2. The van der Waals surface area contributed by atoms with E-state index in [0.29, 0.717) is 10.6 Å². The number of fused-ring (bicyclic) bond motifs is 1. The van der Waals surface area contributed by atoms with E-state index in [1.165, 1.54) is 23.5 Å². The fourth-order valence-electron chi connectivity index (χ4n) is 2.34. The molecule has 2 heterocycles. The maximum absolute atomic E-state index is 13.7. The number of hydrogen-bond acceptors (Lipinski definition) is 4. The number of nitrogens with one attached hydrogen (secondary N) is 1. The quantitative estimate of drug-likeness (QED) is 0.753. The van der Waals surface area contributed by atoms with Crippen LogP contribution in [0.2, 0.25) is 0 Å². The van der Waals surface area contributed by atoms with Gasteiger partial charge in [0.25, 0.3) is 5.91 Å². The fraction of sp³-hybridized carbons (Fsp3) is 0.176. The number of nitrogens with zero attached hydrogens (tertiary/aromatic N) is 1. The number of nitrogen functional groups attached to an aromatic ring is 1. The van der Waals surface area contributed by atoms with Gasteiger partial charge in [-0.25, -0.2) is 9.37 Å². The predicted octanol–water partition coefficient (Wildman–Crippen LogP) is 4.22. The molecular weight excluding hydrogens is 313 g/mol. The van der Waals surface area contributed by atoms with E-state index < -0.39 is 11.7 Å². The van der Waals surface area contributed by atoms with Crippen molar-refractivity contribution in [1.82, 2.24) is 4.98 Å². The summed E-state index contributed by atoms with van der Waals surface area (Å²) in [5, 5.41) is 3.31. The number of anilines is 2. The predicted molar refractivity (Wildman–Crippen MR) is 92.4 cm³/mol. The lowest BCUT2D eigenvalue weighted by Crippen LogP contribution is -2.12. The van der Waals surface area contributed by atoms with Gasteiger partial charge in [-0.1, -0.05) is 25.5 Å². The Hall–Kier alpha value is -2.47. The normalized spacial score (nSPS) is 10.9. The van der Waals surface area contributed by atoms with Gasteiger partial charge in [0.2, 0.25) is 0 Å². The van der Waals surface area contributed by atoms with Crippen LogP contribution < -0.4 is 11.1 Å². The number of benzene rings is 1. The number of para-hydroxylation sites is 1. The second-order valence-corrected chi connectivity index (χ2v) is 6.18. The topological polar surface area (TPSA) is 68.0 Å². The van der Waals surface area contributed by atoms with Crippen LogP contribution in [0.4, 0.5) is 15.8 Å². The minimum Gasteiger partial charge on any atom is -0.397 e. The number of aromatic nitrogens is 1. The highest BCUT2D eigenvalue weighted by Gasteiger charge is 2.18. The minimum atomic E-state index is -0.483. The second-order valence-electron chi connectivity index (χ2n) is 5.18. The molecule has 0 spiro atoms. The lowest BCUT2D eigenvalue weighted by atomic mass is 10.2. The molecule has 1 aromatic carbocycles. The van der Waals surface area contributed by atoms with Gasteiger partial charge < -0.3 is 11.1 Å². The van der Waals surface area contributed by atoms with Crippen molar-refractivity contribution >= 4 is 38.8 Å². The molecule has 0 aliphatic carbocycles. The lowest BCUT2D eigenvalue weighted by molar-refractivity contribution is 0.103.